The van der Waals surface area contributed by atoms with Crippen LogP contribution in [0.4, 0.5) is 0 Å². The van der Waals surface area contributed by atoms with Gasteiger partial charge in [0.1, 0.15) is 0 Å². The van der Waals surface area contributed by atoms with Gasteiger partial charge < -0.3 is 0 Å². The normalized spacial score (nSPS) is 13.0. The van der Waals surface area contributed by atoms with Crippen LogP contribution in [0, 0.1) is 0 Å². The SMILES string of the molecule is c1nc2[se]c2c2[se]c12. The first-order valence-corrected chi connectivity index (χ1v) is 5.76. The molecule has 0 N–H and O–H groups in total. The van der Waals surface area contributed by atoms with E-state index in [0.29, 0.717) is 0 Å². The predicted molar refractivity (Wildman–Crippen MR) is 35.5 cm³/mol. The quantitative estimate of drug-likeness (QED) is 0.511. The molecule has 0 spiro atoms. The molecule has 0 fully saturated rings. The van der Waals surface area contributed by atoms with Gasteiger partial charge in [0, 0.05) is 0 Å². The summed E-state index contributed by atoms with van der Waals surface area (Å²) < 4.78 is 6.34. The number of rotatable bonds is 0. The van der Waals surface area contributed by atoms with Crippen LogP contribution in [0.1, 0.15) is 0 Å². The van der Waals surface area contributed by atoms with Crippen LogP contribution >= 0.6 is 0 Å². The molecule has 0 atom stereocenters. The molecule has 3 heteroatoms. The van der Waals surface area contributed by atoms with Crippen LogP contribution in [0.25, 0.3) is 17.2 Å². The van der Waals surface area contributed by atoms with Gasteiger partial charge in [-0.2, -0.15) is 0 Å². The van der Waals surface area contributed by atoms with Crippen LogP contribution in [0.15, 0.2) is 6.20 Å². The Morgan fingerprint density at radius 1 is 1.25 bits per heavy atom. The molecule has 0 bridgehead atoms. The first kappa shape index (κ1) is 4.08. The van der Waals surface area contributed by atoms with Gasteiger partial charge in [0.25, 0.3) is 0 Å². The fourth-order valence-electron chi connectivity index (χ4n) is 0.745. The van der Waals surface area contributed by atoms with Crippen LogP contribution in [0.5, 0.6) is 0 Å². The Kier molecular flexibility index (Phi) is 0.535. The molecule has 0 radical (unpaired) electrons. The second-order valence-electron chi connectivity index (χ2n) is 1.79. The van der Waals surface area contributed by atoms with E-state index >= 15 is 0 Å². The molecule has 38 valence electrons. The molecule has 0 amide bonds. The van der Waals surface area contributed by atoms with Gasteiger partial charge in [-0.1, -0.05) is 0 Å². The Bertz CT molecular complexity index is 357. The van der Waals surface area contributed by atoms with Crippen molar-refractivity contribution in [2.24, 2.45) is 0 Å². The summed E-state index contributed by atoms with van der Waals surface area (Å²) >= 11 is 1.50. The molecule has 0 aliphatic carbocycles. The van der Waals surface area contributed by atoms with Gasteiger partial charge in [-0.3, -0.25) is 0 Å². The molecule has 0 aliphatic heterocycles. The summed E-state index contributed by atoms with van der Waals surface area (Å²) in [5.41, 5.74) is 0. The van der Waals surface area contributed by atoms with Crippen LogP contribution in [0.2, 0.25) is 0 Å². The number of nitrogens with zero attached hydrogens (tertiary/aromatic N) is 1. The molecule has 0 unspecified atom stereocenters. The molecule has 8 heavy (non-hydrogen) atoms. The fourth-order valence-corrected chi connectivity index (χ4v) is 4.88. The number of pyridine rings is 1. The number of fused-ring (bicyclic) bond motifs is 3. The molecule has 3 aromatic heterocycles. The molecule has 0 aliphatic rings. The first-order valence-electron chi connectivity index (χ1n) is 2.34. The second-order valence-corrected chi connectivity index (χ2v) is 6.09. The molecule has 3 heterocycles. The summed E-state index contributed by atoms with van der Waals surface area (Å²) in [6, 6.07) is 0. The maximum absolute atomic E-state index is 4.27. The van der Waals surface area contributed by atoms with Crippen molar-refractivity contribution in [3.8, 4) is 0 Å². The van der Waals surface area contributed by atoms with Gasteiger partial charge in [-0.25, -0.2) is 0 Å². The molecule has 0 saturated carbocycles. The summed E-state index contributed by atoms with van der Waals surface area (Å²) in [7, 11) is 0. The van der Waals surface area contributed by atoms with E-state index in [1.807, 2.05) is 0 Å². The minimum atomic E-state index is 0.728. The molecule has 3 aromatic rings. The van der Waals surface area contributed by atoms with Gasteiger partial charge in [0.2, 0.25) is 0 Å². The van der Waals surface area contributed by atoms with E-state index < -0.39 is 0 Å². The summed E-state index contributed by atoms with van der Waals surface area (Å²) in [5.74, 6) is 0. The summed E-state index contributed by atoms with van der Waals surface area (Å²) in [5, 5.41) is 0. The van der Waals surface area contributed by atoms with E-state index in [9.17, 15) is 0 Å². The Hall–Kier alpha value is 0.189. The van der Waals surface area contributed by atoms with Gasteiger partial charge in [-0.15, -0.1) is 0 Å². The third-order valence-corrected chi connectivity index (χ3v) is 5.80. The van der Waals surface area contributed by atoms with E-state index in [0.717, 1.165) is 29.0 Å². The third kappa shape index (κ3) is 0.371. The van der Waals surface area contributed by atoms with Crippen molar-refractivity contribution < 1.29 is 0 Å². The van der Waals surface area contributed by atoms with E-state index in [-0.39, 0.29) is 0 Å². The van der Waals surface area contributed by atoms with Gasteiger partial charge in [-0.05, 0) is 0 Å². The van der Waals surface area contributed by atoms with Crippen molar-refractivity contribution in [2.45, 2.75) is 0 Å². The van der Waals surface area contributed by atoms with Gasteiger partial charge in [0.15, 0.2) is 0 Å². The molecule has 3 rings (SSSR count). The van der Waals surface area contributed by atoms with Crippen molar-refractivity contribution >= 4 is 46.2 Å². The van der Waals surface area contributed by atoms with Crippen LogP contribution < -0.4 is 0 Å². The van der Waals surface area contributed by atoms with E-state index in [2.05, 4.69) is 11.2 Å². The molecule has 0 aromatic carbocycles. The number of hydrogen-bond acceptors (Lipinski definition) is 1. The Morgan fingerprint density at radius 3 is 3.12 bits per heavy atom. The first-order chi connectivity index (χ1) is 3.95. The number of aromatic nitrogens is 1. The second kappa shape index (κ2) is 1.05. The van der Waals surface area contributed by atoms with Crippen LogP contribution in [-0.2, 0) is 0 Å². The van der Waals surface area contributed by atoms with Crippen molar-refractivity contribution in [1.82, 2.24) is 4.98 Å². The number of hydrogen-bond donors (Lipinski definition) is 0. The van der Waals surface area contributed by atoms with E-state index in [1.54, 1.807) is 12.8 Å². The summed E-state index contributed by atoms with van der Waals surface area (Å²) in [6.45, 7) is 0. The van der Waals surface area contributed by atoms with Crippen LogP contribution in [-0.4, -0.2) is 34.0 Å². The van der Waals surface area contributed by atoms with Crippen molar-refractivity contribution in [2.75, 3.05) is 0 Å². The standard InChI is InChI=1S/C5HNSe2/c1-2-3(7-2)4-5(6-1)8-4/h1H. The maximum atomic E-state index is 4.27. The molecular weight excluding hydrogens is 232 g/mol. The van der Waals surface area contributed by atoms with Crippen LogP contribution in [0.3, 0.4) is 0 Å². The van der Waals surface area contributed by atoms with E-state index in [1.165, 1.54) is 4.39 Å². The molecule has 1 nitrogen and oxygen atoms in total. The minimum absolute atomic E-state index is 0.728. The third-order valence-electron chi connectivity index (χ3n) is 1.25. The van der Waals surface area contributed by atoms with E-state index in [4.69, 9.17) is 0 Å². The zero-order chi connectivity index (χ0) is 5.14. The molecular formula is C5HNSe2. The zero-order valence-corrected chi connectivity index (χ0v) is 7.27. The topological polar surface area (TPSA) is 12.9 Å². The summed E-state index contributed by atoms with van der Waals surface area (Å²) in [4.78, 5) is 4.27. The Morgan fingerprint density at radius 2 is 2.25 bits per heavy atom. The van der Waals surface area contributed by atoms with Crippen molar-refractivity contribution in [3.63, 3.8) is 0 Å². The fraction of sp³-hybridized carbons (Fsp3) is 0. The molecule has 0 saturated heterocycles. The van der Waals surface area contributed by atoms with Gasteiger partial charge in [0.05, 0.1) is 0 Å². The average molecular weight is 233 g/mol. The summed E-state index contributed by atoms with van der Waals surface area (Å²) in [6.07, 6.45) is 2.06. The Labute approximate surface area is 57.5 Å². The van der Waals surface area contributed by atoms with Gasteiger partial charge >= 0.3 is 57.4 Å². The average Bonchev–Trinajstić information content (AvgIpc) is 2.59. The van der Waals surface area contributed by atoms with Crippen molar-refractivity contribution in [3.05, 3.63) is 6.20 Å². The zero-order valence-electron chi connectivity index (χ0n) is 3.84. The monoisotopic (exact) mass is 235 g/mol. The van der Waals surface area contributed by atoms with Crippen molar-refractivity contribution in [1.29, 1.82) is 0 Å². The predicted octanol–water partition coefficient (Wildman–Crippen LogP) is 0.378. The Balaban J connectivity index is 2.83.